The lowest BCUT2D eigenvalue weighted by molar-refractivity contribution is 0.245. The molecule has 0 spiro atoms. The summed E-state index contributed by atoms with van der Waals surface area (Å²) in [7, 11) is 1.54. The van der Waals surface area contributed by atoms with Gasteiger partial charge in [-0.25, -0.2) is 4.79 Å². The van der Waals surface area contributed by atoms with E-state index >= 15 is 0 Å². The molecule has 0 radical (unpaired) electrons. The molecule has 1 aromatic heterocycles. The van der Waals surface area contributed by atoms with Gasteiger partial charge in [0, 0.05) is 10.6 Å². The zero-order chi connectivity index (χ0) is 18.5. The monoisotopic (exact) mass is 372 g/mol. The lowest BCUT2D eigenvalue weighted by Gasteiger charge is -2.13. The summed E-state index contributed by atoms with van der Waals surface area (Å²) < 4.78 is 10.4. The quantitative estimate of drug-likeness (QED) is 0.697. The average molecular weight is 373 g/mol. The van der Waals surface area contributed by atoms with Gasteiger partial charge in [0.05, 0.1) is 12.8 Å². The van der Waals surface area contributed by atoms with E-state index in [0.29, 0.717) is 22.3 Å². The van der Waals surface area contributed by atoms with Crippen molar-refractivity contribution in [1.82, 2.24) is 15.5 Å². The molecule has 1 unspecified atom stereocenters. The molecule has 3 aromatic rings. The lowest BCUT2D eigenvalue weighted by Crippen LogP contribution is -2.31. The van der Waals surface area contributed by atoms with Crippen molar-refractivity contribution in [3.05, 3.63) is 59.4 Å². The standard InChI is InChI=1S/C18H17ClN4O3/c1-11(20-18(24)21-14-8-3-4-9-15(14)25-2)17-22-16(23-26-17)12-6-5-7-13(19)10-12/h3-11H,1-2H3,(H2,20,21,24). The zero-order valence-corrected chi connectivity index (χ0v) is 14.9. The molecule has 1 heterocycles. The summed E-state index contributed by atoms with van der Waals surface area (Å²) in [6.07, 6.45) is 0. The van der Waals surface area contributed by atoms with Gasteiger partial charge in [0.2, 0.25) is 11.7 Å². The number of rotatable bonds is 5. The third-order valence-corrected chi connectivity index (χ3v) is 3.83. The number of hydrogen-bond acceptors (Lipinski definition) is 5. The van der Waals surface area contributed by atoms with Crippen molar-refractivity contribution in [3.63, 3.8) is 0 Å². The van der Waals surface area contributed by atoms with E-state index < -0.39 is 12.1 Å². The molecular weight excluding hydrogens is 356 g/mol. The van der Waals surface area contributed by atoms with Crippen LogP contribution in [0.15, 0.2) is 53.1 Å². The number of nitrogens with one attached hydrogen (secondary N) is 2. The van der Waals surface area contributed by atoms with Crippen LogP contribution in [0.25, 0.3) is 11.4 Å². The van der Waals surface area contributed by atoms with Crippen LogP contribution in [-0.4, -0.2) is 23.3 Å². The highest BCUT2D eigenvalue weighted by Gasteiger charge is 2.18. The molecule has 3 rings (SSSR count). The molecule has 134 valence electrons. The molecule has 2 N–H and O–H groups in total. The second-order valence-electron chi connectivity index (χ2n) is 5.49. The van der Waals surface area contributed by atoms with Crippen LogP contribution in [0.5, 0.6) is 5.75 Å². The zero-order valence-electron chi connectivity index (χ0n) is 14.2. The first-order valence-corrected chi connectivity index (χ1v) is 8.24. The maximum atomic E-state index is 12.2. The number of carbonyl (C=O) groups is 1. The van der Waals surface area contributed by atoms with Crippen molar-refractivity contribution in [2.24, 2.45) is 0 Å². The van der Waals surface area contributed by atoms with E-state index in [0.717, 1.165) is 5.56 Å². The van der Waals surface area contributed by atoms with Gasteiger partial charge in [-0.3, -0.25) is 0 Å². The SMILES string of the molecule is COc1ccccc1NC(=O)NC(C)c1nc(-c2cccc(Cl)c2)no1. The van der Waals surface area contributed by atoms with Gasteiger partial charge in [-0.2, -0.15) is 4.98 Å². The number of hydrogen-bond donors (Lipinski definition) is 2. The van der Waals surface area contributed by atoms with Crippen LogP contribution in [-0.2, 0) is 0 Å². The Kier molecular flexibility index (Phi) is 5.38. The van der Waals surface area contributed by atoms with Crippen molar-refractivity contribution in [3.8, 4) is 17.1 Å². The number of amides is 2. The summed E-state index contributed by atoms with van der Waals surface area (Å²) in [5, 5.41) is 9.98. The van der Waals surface area contributed by atoms with Crippen molar-refractivity contribution in [2.45, 2.75) is 13.0 Å². The van der Waals surface area contributed by atoms with Crippen LogP contribution < -0.4 is 15.4 Å². The smallest absolute Gasteiger partial charge is 0.319 e. The first kappa shape index (κ1) is 17.8. The largest absolute Gasteiger partial charge is 0.495 e. The molecule has 8 heteroatoms. The van der Waals surface area contributed by atoms with Crippen LogP contribution in [0, 0.1) is 0 Å². The summed E-state index contributed by atoms with van der Waals surface area (Å²) >= 11 is 5.97. The molecule has 26 heavy (non-hydrogen) atoms. The third-order valence-electron chi connectivity index (χ3n) is 3.60. The Morgan fingerprint density at radius 2 is 2.04 bits per heavy atom. The Morgan fingerprint density at radius 1 is 1.23 bits per heavy atom. The molecule has 0 saturated heterocycles. The van der Waals surface area contributed by atoms with Gasteiger partial charge in [-0.05, 0) is 31.2 Å². The van der Waals surface area contributed by atoms with Gasteiger partial charge in [0.1, 0.15) is 11.8 Å². The van der Waals surface area contributed by atoms with Gasteiger partial charge < -0.3 is 19.9 Å². The predicted octanol–water partition coefficient (Wildman–Crippen LogP) is 4.28. The maximum Gasteiger partial charge on any atom is 0.319 e. The Balaban J connectivity index is 1.66. The highest BCUT2D eigenvalue weighted by Crippen LogP contribution is 2.24. The highest BCUT2D eigenvalue weighted by molar-refractivity contribution is 6.30. The summed E-state index contributed by atoms with van der Waals surface area (Å²) in [6.45, 7) is 1.75. The van der Waals surface area contributed by atoms with Crippen LogP contribution in [0.3, 0.4) is 0 Å². The normalized spacial score (nSPS) is 11.7. The first-order chi connectivity index (χ1) is 12.6. The van der Waals surface area contributed by atoms with Crippen LogP contribution in [0.1, 0.15) is 18.9 Å². The van der Waals surface area contributed by atoms with Crippen LogP contribution in [0.4, 0.5) is 10.5 Å². The average Bonchev–Trinajstić information content (AvgIpc) is 3.12. The number of methoxy groups -OCH3 is 1. The number of urea groups is 1. The summed E-state index contributed by atoms with van der Waals surface area (Å²) in [6, 6.07) is 13.4. The van der Waals surface area contributed by atoms with Crippen LogP contribution in [0.2, 0.25) is 5.02 Å². The minimum Gasteiger partial charge on any atom is -0.495 e. The van der Waals surface area contributed by atoms with E-state index in [2.05, 4.69) is 20.8 Å². The van der Waals surface area contributed by atoms with Gasteiger partial charge in [0.25, 0.3) is 0 Å². The number of benzene rings is 2. The number of para-hydroxylation sites is 2. The minimum absolute atomic E-state index is 0.287. The Hall–Kier alpha value is -3.06. The second kappa shape index (κ2) is 7.88. The number of carbonyl (C=O) groups excluding carboxylic acids is 1. The molecule has 2 amide bonds. The molecule has 0 fully saturated rings. The minimum atomic E-state index is -0.481. The Bertz CT molecular complexity index is 913. The van der Waals surface area contributed by atoms with Crippen molar-refractivity contribution in [2.75, 3.05) is 12.4 Å². The third kappa shape index (κ3) is 4.12. The van der Waals surface area contributed by atoms with E-state index in [1.54, 1.807) is 43.3 Å². The van der Waals surface area contributed by atoms with Crippen molar-refractivity contribution >= 4 is 23.3 Å². The fraction of sp³-hybridized carbons (Fsp3) is 0.167. The summed E-state index contributed by atoms with van der Waals surface area (Å²) in [5.41, 5.74) is 1.29. The van der Waals surface area contributed by atoms with Crippen LogP contribution >= 0.6 is 11.6 Å². The fourth-order valence-electron chi connectivity index (χ4n) is 2.32. The molecule has 0 bridgehead atoms. The molecule has 2 aromatic carbocycles. The number of halogens is 1. The molecule has 0 aliphatic rings. The van der Waals surface area contributed by atoms with E-state index in [4.69, 9.17) is 20.9 Å². The molecule has 1 atom stereocenters. The van der Waals surface area contributed by atoms with Gasteiger partial charge in [-0.15, -0.1) is 0 Å². The predicted molar refractivity (Wildman–Crippen MR) is 98.3 cm³/mol. The lowest BCUT2D eigenvalue weighted by atomic mass is 10.2. The highest BCUT2D eigenvalue weighted by atomic mass is 35.5. The van der Waals surface area contributed by atoms with E-state index in [1.165, 1.54) is 7.11 Å². The number of aromatic nitrogens is 2. The molecule has 0 aliphatic heterocycles. The van der Waals surface area contributed by atoms with Gasteiger partial charge >= 0.3 is 6.03 Å². The van der Waals surface area contributed by atoms with E-state index in [-0.39, 0.29) is 5.89 Å². The molecular formula is C18H17ClN4O3. The van der Waals surface area contributed by atoms with Gasteiger partial charge in [-0.1, -0.05) is 41.0 Å². The topological polar surface area (TPSA) is 89.3 Å². The second-order valence-corrected chi connectivity index (χ2v) is 5.92. The Labute approximate surface area is 155 Å². The summed E-state index contributed by atoms with van der Waals surface area (Å²) in [4.78, 5) is 16.5. The van der Waals surface area contributed by atoms with Crippen molar-refractivity contribution < 1.29 is 14.1 Å². The summed E-state index contributed by atoms with van der Waals surface area (Å²) in [5.74, 6) is 1.26. The number of anilines is 1. The Morgan fingerprint density at radius 3 is 2.81 bits per heavy atom. The van der Waals surface area contributed by atoms with E-state index in [1.807, 2.05) is 12.1 Å². The van der Waals surface area contributed by atoms with E-state index in [9.17, 15) is 4.79 Å². The first-order valence-electron chi connectivity index (χ1n) is 7.87. The fourth-order valence-corrected chi connectivity index (χ4v) is 2.51. The number of ether oxygens (including phenoxy) is 1. The molecule has 0 aliphatic carbocycles. The van der Waals surface area contributed by atoms with Gasteiger partial charge in [0.15, 0.2) is 0 Å². The number of nitrogens with zero attached hydrogens (tertiary/aromatic N) is 2. The molecule has 7 nitrogen and oxygen atoms in total. The maximum absolute atomic E-state index is 12.2. The molecule has 0 saturated carbocycles. The van der Waals surface area contributed by atoms with Crippen molar-refractivity contribution in [1.29, 1.82) is 0 Å².